The van der Waals surface area contributed by atoms with Gasteiger partial charge in [0.15, 0.2) is 11.5 Å². The molecule has 0 N–H and O–H groups in total. The molecule has 0 aliphatic carbocycles. The van der Waals surface area contributed by atoms with Gasteiger partial charge in [0.05, 0.1) is 23.8 Å². The van der Waals surface area contributed by atoms with Gasteiger partial charge in [-0.3, -0.25) is 9.80 Å². The first kappa shape index (κ1) is 30.5. The molecule has 0 spiro atoms. The van der Waals surface area contributed by atoms with Gasteiger partial charge in [0.1, 0.15) is 0 Å². The van der Waals surface area contributed by atoms with E-state index in [1.54, 1.807) is 0 Å². The third-order valence-electron chi connectivity index (χ3n) is 10.1. The van der Waals surface area contributed by atoms with Crippen LogP contribution in [0.1, 0.15) is 61.1 Å². The van der Waals surface area contributed by atoms with Crippen LogP contribution in [-0.4, -0.2) is 19.1 Å². The Kier molecular flexibility index (Phi) is 7.10. The number of ether oxygens (including phenoxy) is 1. The maximum Gasteiger partial charge on any atom is 0.214 e. The Balaban J connectivity index is 1.42. The van der Waals surface area contributed by atoms with E-state index in [1.807, 2.05) is 48.0 Å². The zero-order valence-corrected chi connectivity index (χ0v) is 28.8. The van der Waals surface area contributed by atoms with Crippen molar-refractivity contribution in [2.24, 2.45) is 14.1 Å². The summed E-state index contributed by atoms with van der Waals surface area (Å²) < 4.78 is 11.5. The highest BCUT2D eigenvalue weighted by Crippen LogP contribution is 2.48. The van der Waals surface area contributed by atoms with Crippen LogP contribution >= 0.6 is 0 Å². The van der Waals surface area contributed by atoms with Crippen molar-refractivity contribution in [3.8, 4) is 0 Å². The SMILES string of the molecule is Cn1ccnc1N1C=C(OC2=CN(c3nccn3C)c3ccccc3C(C)(C)c3ccccc32)c2ccccc2C(C)(C)c2ccccc21. The topological polar surface area (TPSA) is 51.4 Å². The number of imidazole rings is 2. The Morgan fingerprint density at radius 1 is 0.490 bits per heavy atom. The van der Waals surface area contributed by atoms with Gasteiger partial charge in [-0.1, -0.05) is 113 Å². The molecule has 2 aromatic heterocycles. The second-order valence-corrected chi connectivity index (χ2v) is 13.9. The van der Waals surface area contributed by atoms with E-state index in [2.05, 4.69) is 147 Å². The predicted molar refractivity (Wildman–Crippen MR) is 198 cm³/mol. The fourth-order valence-electron chi connectivity index (χ4n) is 7.51. The molecule has 8 rings (SSSR count). The van der Waals surface area contributed by atoms with Crippen LogP contribution in [-0.2, 0) is 29.7 Å². The van der Waals surface area contributed by atoms with Crippen molar-refractivity contribution in [3.05, 3.63) is 168 Å². The number of benzene rings is 4. The van der Waals surface area contributed by atoms with Crippen LogP contribution in [0.15, 0.2) is 134 Å². The minimum Gasteiger partial charge on any atom is -0.453 e. The fourth-order valence-corrected chi connectivity index (χ4v) is 7.51. The van der Waals surface area contributed by atoms with E-state index in [0.29, 0.717) is 11.5 Å². The number of aryl methyl sites for hydroxylation is 2. The first-order chi connectivity index (χ1) is 23.7. The summed E-state index contributed by atoms with van der Waals surface area (Å²) in [6, 6.07) is 34.4. The largest absolute Gasteiger partial charge is 0.453 e. The molecule has 0 saturated heterocycles. The van der Waals surface area contributed by atoms with Crippen LogP contribution in [0.2, 0.25) is 0 Å². The smallest absolute Gasteiger partial charge is 0.214 e. The highest BCUT2D eigenvalue weighted by molar-refractivity contribution is 5.83. The lowest BCUT2D eigenvalue weighted by molar-refractivity contribution is 0.460. The fraction of sp³-hybridized carbons (Fsp3) is 0.190. The van der Waals surface area contributed by atoms with Crippen molar-refractivity contribution < 1.29 is 4.74 Å². The van der Waals surface area contributed by atoms with Crippen molar-refractivity contribution in [3.63, 3.8) is 0 Å². The third kappa shape index (κ3) is 4.88. The number of para-hydroxylation sites is 2. The summed E-state index contributed by atoms with van der Waals surface area (Å²) in [6.45, 7) is 9.15. The molecule has 0 fully saturated rings. The van der Waals surface area contributed by atoms with E-state index in [0.717, 1.165) is 34.4 Å². The second-order valence-electron chi connectivity index (χ2n) is 13.9. The molecule has 0 unspecified atom stereocenters. The monoisotopic (exact) mass is 644 g/mol. The van der Waals surface area contributed by atoms with Crippen LogP contribution in [0.3, 0.4) is 0 Å². The van der Waals surface area contributed by atoms with Crippen molar-refractivity contribution in [2.75, 3.05) is 9.80 Å². The number of rotatable bonds is 4. The zero-order valence-electron chi connectivity index (χ0n) is 28.8. The summed E-state index contributed by atoms with van der Waals surface area (Å²) in [4.78, 5) is 13.9. The Morgan fingerprint density at radius 3 is 1.24 bits per heavy atom. The molecule has 4 aromatic carbocycles. The molecule has 7 heteroatoms. The predicted octanol–water partition coefficient (Wildman–Crippen LogP) is 9.42. The van der Waals surface area contributed by atoms with Gasteiger partial charge in [-0.25, -0.2) is 9.97 Å². The van der Waals surface area contributed by atoms with Gasteiger partial charge < -0.3 is 13.9 Å². The number of aromatic nitrogens is 4. The van der Waals surface area contributed by atoms with Gasteiger partial charge in [0, 0.05) is 60.8 Å². The molecule has 7 nitrogen and oxygen atoms in total. The summed E-state index contributed by atoms with van der Waals surface area (Å²) >= 11 is 0. The summed E-state index contributed by atoms with van der Waals surface area (Å²) in [5.41, 5.74) is 8.20. The van der Waals surface area contributed by atoms with Gasteiger partial charge in [-0.2, -0.15) is 0 Å². The molecular formula is C42H40N6O. The van der Waals surface area contributed by atoms with Crippen molar-refractivity contribution in [1.29, 1.82) is 0 Å². The second kappa shape index (κ2) is 11.4. The normalized spacial score (nSPS) is 16.0. The third-order valence-corrected chi connectivity index (χ3v) is 10.1. The van der Waals surface area contributed by atoms with Crippen molar-refractivity contribution in [1.82, 2.24) is 19.1 Å². The molecule has 0 bridgehead atoms. The van der Waals surface area contributed by atoms with Crippen LogP contribution in [0.4, 0.5) is 23.3 Å². The molecular weight excluding hydrogens is 605 g/mol. The quantitative estimate of drug-likeness (QED) is 0.191. The van der Waals surface area contributed by atoms with Gasteiger partial charge >= 0.3 is 0 Å². The van der Waals surface area contributed by atoms with Gasteiger partial charge in [0.25, 0.3) is 0 Å². The first-order valence-electron chi connectivity index (χ1n) is 16.7. The van der Waals surface area contributed by atoms with Crippen LogP contribution in [0.25, 0.3) is 11.5 Å². The first-order valence-corrected chi connectivity index (χ1v) is 16.7. The Morgan fingerprint density at radius 2 is 0.857 bits per heavy atom. The molecule has 0 atom stereocenters. The lowest BCUT2D eigenvalue weighted by Gasteiger charge is -2.38. The molecule has 2 aliphatic rings. The molecule has 4 heterocycles. The average Bonchev–Trinajstić information content (AvgIpc) is 3.74. The average molecular weight is 645 g/mol. The Bertz CT molecular complexity index is 2110. The molecule has 0 saturated carbocycles. The number of fused-ring (bicyclic) bond motifs is 4. The van der Waals surface area contributed by atoms with E-state index in [4.69, 9.17) is 14.7 Å². The number of hydrogen-bond acceptors (Lipinski definition) is 5. The van der Waals surface area contributed by atoms with E-state index in [9.17, 15) is 0 Å². The Labute approximate surface area is 288 Å². The van der Waals surface area contributed by atoms with E-state index >= 15 is 0 Å². The summed E-state index contributed by atoms with van der Waals surface area (Å²) in [5, 5.41) is 0. The lowest BCUT2D eigenvalue weighted by Crippen LogP contribution is -2.29. The minimum absolute atomic E-state index is 0.355. The molecule has 244 valence electrons. The summed E-state index contributed by atoms with van der Waals surface area (Å²) in [5.74, 6) is 3.02. The number of anilines is 4. The summed E-state index contributed by atoms with van der Waals surface area (Å²) in [7, 11) is 4.05. The van der Waals surface area contributed by atoms with Crippen molar-refractivity contribution in [2.45, 2.75) is 38.5 Å². The molecule has 49 heavy (non-hydrogen) atoms. The number of nitrogens with zero attached hydrogens (tertiary/aromatic N) is 6. The van der Waals surface area contributed by atoms with E-state index in [1.165, 1.54) is 22.3 Å². The molecule has 0 radical (unpaired) electrons. The van der Waals surface area contributed by atoms with E-state index in [-0.39, 0.29) is 10.8 Å². The van der Waals surface area contributed by atoms with Gasteiger partial charge in [-0.05, 0) is 34.4 Å². The molecule has 2 aliphatic heterocycles. The minimum atomic E-state index is -0.355. The van der Waals surface area contributed by atoms with Crippen LogP contribution in [0, 0.1) is 0 Å². The van der Waals surface area contributed by atoms with Gasteiger partial charge in [0.2, 0.25) is 11.9 Å². The molecule has 6 aromatic rings. The van der Waals surface area contributed by atoms with Gasteiger partial charge in [-0.15, -0.1) is 0 Å². The summed E-state index contributed by atoms with van der Waals surface area (Å²) in [6.07, 6.45) is 11.8. The number of hydrogen-bond donors (Lipinski definition) is 0. The maximum absolute atomic E-state index is 7.37. The van der Waals surface area contributed by atoms with Crippen LogP contribution in [0.5, 0.6) is 0 Å². The zero-order chi connectivity index (χ0) is 33.9. The van der Waals surface area contributed by atoms with E-state index < -0.39 is 0 Å². The Hall–Kier alpha value is -5.82. The lowest BCUT2D eigenvalue weighted by atomic mass is 9.74. The van der Waals surface area contributed by atoms with Crippen LogP contribution < -0.4 is 9.80 Å². The maximum atomic E-state index is 7.37. The standard InChI is InChI=1S/C42H40N6O/c1-41(2)31-17-9-7-15-29(31)37(27-47(39-43-23-25-45(39)5)35-21-13-11-19-33(35)41)49-38-28-48(40-44-24-26-46(40)6)36-22-14-12-20-34(36)42(3,4)32-18-10-8-16-30(32)38/h7-28H,1-6H3. The highest BCUT2D eigenvalue weighted by Gasteiger charge is 2.37. The highest BCUT2D eigenvalue weighted by atomic mass is 16.5. The van der Waals surface area contributed by atoms with Crippen molar-refractivity contribution >= 4 is 34.8 Å². The molecule has 0 amide bonds.